The van der Waals surface area contributed by atoms with Gasteiger partial charge in [0.15, 0.2) is 22.9 Å². The number of fused-ring (bicyclic) bond motifs is 2. The summed E-state index contributed by atoms with van der Waals surface area (Å²) in [5, 5.41) is 3.52. The first kappa shape index (κ1) is 12.6. The minimum Gasteiger partial charge on any atom is -0.476 e. The van der Waals surface area contributed by atoms with Gasteiger partial charge in [0.1, 0.15) is 0 Å². The summed E-state index contributed by atoms with van der Waals surface area (Å²) in [6.07, 6.45) is 9.53. The maximum atomic E-state index is 6.28. The van der Waals surface area contributed by atoms with Crippen molar-refractivity contribution in [2.24, 2.45) is 0 Å². The van der Waals surface area contributed by atoms with Gasteiger partial charge in [-0.05, 0) is 37.5 Å². The Kier molecular flexibility index (Phi) is 2.81. The number of ether oxygens (including phenoxy) is 2. The van der Waals surface area contributed by atoms with E-state index in [0.29, 0.717) is 0 Å². The smallest absolute Gasteiger partial charge is 0.171 e. The molecule has 0 saturated heterocycles. The van der Waals surface area contributed by atoms with Crippen LogP contribution in [0, 0.1) is 0 Å². The van der Waals surface area contributed by atoms with Crippen molar-refractivity contribution in [1.82, 2.24) is 5.32 Å². The first-order valence-electron chi connectivity index (χ1n) is 7.57. The highest BCUT2D eigenvalue weighted by molar-refractivity contribution is 5.49. The Morgan fingerprint density at radius 2 is 2.05 bits per heavy atom. The summed E-state index contributed by atoms with van der Waals surface area (Å²) in [5.41, 5.74) is 2.04. The topological polar surface area (TPSA) is 30.5 Å². The quantitative estimate of drug-likeness (QED) is 0.851. The molecular formula is C18H19NO2. The molecule has 0 amide bonds. The van der Waals surface area contributed by atoms with Crippen molar-refractivity contribution in [2.75, 3.05) is 6.54 Å². The number of allylic oxidation sites excluding steroid dienone is 4. The fraction of sp³-hybridized carbons (Fsp3) is 0.333. The van der Waals surface area contributed by atoms with Crippen LogP contribution in [0.5, 0.6) is 11.5 Å². The molecule has 0 spiro atoms. The van der Waals surface area contributed by atoms with E-state index in [1.54, 1.807) is 0 Å². The van der Waals surface area contributed by atoms with Crippen LogP contribution >= 0.6 is 0 Å². The van der Waals surface area contributed by atoms with E-state index in [1.807, 2.05) is 24.3 Å². The first-order valence-corrected chi connectivity index (χ1v) is 7.57. The summed E-state index contributed by atoms with van der Waals surface area (Å²) in [5.74, 6) is 2.56. The Balaban J connectivity index is 1.83. The lowest BCUT2D eigenvalue weighted by atomic mass is 9.89. The van der Waals surface area contributed by atoms with Gasteiger partial charge < -0.3 is 14.8 Å². The molecule has 3 heteroatoms. The molecule has 1 atom stereocenters. The van der Waals surface area contributed by atoms with Gasteiger partial charge in [-0.2, -0.15) is 0 Å². The van der Waals surface area contributed by atoms with Gasteiger partial charge in [0.2, 0.25) is 0 Å². The predicted molar refractivity (Wildman–Crippen MR) is 82.2 cm³/mol. The molecular weight excluding hydrogens is 262 g/mol. The van der Waals surface area contributed by atoms with Crippen LogP contribution in [0.15, 0.2) is 59.5 Å². The zero-order chi connectivity index (χ0) is 14.3. The molecule has 3 nitrogen and oxygen atoms in total. The zero-order valence-electron chi connectivity index (χ0n) is 12.2. The maximum absolute atomic E-state index is 6.28. The SMILES string of the molecule is CC12CCNC(C3=CC=CCC3)=C1Oc1ccccc1O2. The molecule has 1 aliphatic carbocycles. The van der Waals surface area contributed by atoms with Gasteiger partial charge in [0.25, 0.3) is 0 Å². The molecule has 3 aliphatic rings. The van der Waals surface area contributed by atoms with Gasteiger partial charge in [0, 0.05) is 13.0 Å². The van der Waals surface area contributed by atoms with Crippen molar-refractivity contribution in [1.29, 1.82) is 0 Å². The Hall–Kier alpha value is -2.16. The molecule has 1 unspecified atom stereocenters. The summed E-state index contributed by atoms with van der Waals surface area (Å²) in [7, 11) is 0. The van der Waals surface area contributed by atoms with Crippen LogP contribution in [-0.2, 0) is 0 Å². The van der Waals surface area contributed by atoms with Crippen LogP contribution in [0.1, 0.15) is 26.2 Å². The number of benzene rings is 1. The molecule has 21 heavy (non-hydrogen) atoms. The Bertz CT molecular complexity index is 672. The lowest BCUT2D eigenvalue weighted by molar-refractivity contribution is 0.0404. The largest absolute Gasteiger partial charge is 0.476 e. The third-order valence-electron chi connectivity index (χ3n) is 4.34. The average molecular weight is 281 g/mol. The van der Waals surface area contributed by atoms with E-state index in [-0.39, 0.29) is 5.60 Å². The summed E-state index contributed by atoms with van der Waals surface area (Å²) in [6, 6.07) is 7.89. The maximum Gasteiger partial charge on any atom is 0.171 e. The lowest BCUT2D eigenvalue weighted by Crippen LogP contribution is -2.48. The van der Waals surface area contributed by atoms with E-state index in [9.17, 15) is 0 Å². The molecule has 0 bridgehead atoms. The van der Waals surface area contributed by atoms with Crippen molar-refractivity contribution in [3.05, 3.63) is 59.5 Å². The minimum absolute atomic E-state index is 0.378. The van der Waals surface area contributed by atoms with Crippen molar-refractivity contribution in [2.45, 2.75) is 31.8 Å². The molecule has 0 aromatic heterocycles. The van der Waals surface area contributed by atoms with Crippen LogP contribution in [0.25, 0.3) is 0 Å². The molecule has 4 rings (SSSR count). The molecule has 0 radical (unpaired) electrons. The van der Waals surface area contributed by atoms with E-state index in [0.717, 1.165) is 48.8 Å². The Labute approximate surface area is 125 Å². The van der Waals surface area contributed by atoms with Crippen LogP contribution in [0.2, 0.25) is 0 Å². The lowest BCUT2D eigenvalue weighted by Gasteiger charge is -2.42. The number of nitrogens with one attached hydrogen (secondary N) is 1. The van der Waals surface area contributed by atoms with E-state index in [1.165, 1.54) is 5.57 Å². The Morgan fingerprint density at radius 1 is 1.19 bits per heavy atom. The zero-order valence-corrected chi connectivity index (χ0v) is 12.2. The van der Waals surface area contributed by atoms with E-state index in [4.69, 9.17) is 9.47 Å². The molecule has 0 fully saturated rings. The van der Waals surface area contributed by atoms with Crippen LogP contribution in [0.3, 0.4) is 0 Å². The highest BCUT2D eigenvalue weighted by Gasteiger charge is 2.43. The first-order chi connectivity index (χ1) is 10.3. The van der Waals surface area contributed by atoms with Gasteiger partial charge in [0.05, 0.1) is 5.70 Å². The molecule has 1 aromatic carbocycles. The fourth-order valence-corrected chi connectivity index (χ4v) is 3.18. The average Bonchev–Trinajstić information content (AvgIpc) is 2.52. The standard InChI is InChI=1S/C18H19NO2/c1-18-11-12-19-16(13-7-3-2-4-8-13)17(18)20-14-9-5-6-10-15(14)21-18/h2-3,5-7,9-10,19H,4,8,11-12H2,1H3. The van der Waals surface area contributed by atoms with Crippen LogP contribution < -0.4 is 14.8 Å². The summed E-state index contributed by atoms with van der Waals surface area (Å²) >= 11 is 0. The van der Waals surface area contributed by atoms with Crippen molar-refractivity contribution < 1.29 is 9.47 Å². The second-order valence-corrected chi connectivity index (χ2v) is 5.92. The molecule has 0 saturated carbocycles. The van der Waals surface area contributed by atoms with E-state index < -0.39 is 0 Å². The fourth-order valence-electron chi connectivity index (χ4n) is 3.18. The highest BCUT2D eigenvalue weighted by Crippen LogP contribution is 2.44. The van der Waals surface area contributed by atoms with Crippen molar-refractivity contribution >= 4 is 0 Å². The van der Waals surface area contributed by atoms with Crippen molar-refractivity contribution in [3.63, 3.8) is 0 Å². The van der Waals surface area contributed by atoms with Crippen LogP contribution in [-0.4, -0.2) is 12.1 Å². The van der Waals surface area contributed by atoms with Gasteiger partial charge >= 0.3 is 0 Å². The third-order valence-corrected chi connectivity index (χ3v) is 4.34. The second-order valence-electron chi connectivity index (χ2n) is 5.92. The molecule has 108 valence electrons. The summed E-state index contributed by atoms with van der Waals surface area (Å²) in [4.78, 5) is 0. The van der Waals surface area contributed by atoms with Crippen molar-refractivity contribution in [3.8, 4) is 11.5 Å². The van der Waals surface area contributed by atoms with E-state index >= 15 is 0 Å². The molecule has 2 heterocycles. The summed E-state index contributed by atoms with van der Waals surface area (Å²) in [6.45, 7) is 3.03. The minimum atomic E-state index is -0.378. The van der Waals surface area contributed by atoms with Gasteiger partial charge in [-0.15, -0.1) is 0 Å². The number of hydrogen-bond acceptors (Lipinski definition) is 3. The number of para-hydroxylation sites is 2. The van der Waals surface area contributed by atoms with Gasteiger partial charge in [-0.1, -0.05) is 30.4 Å². The monoisotopic (exact) mass is 281 g/mol. The summed E-state index contributed by atoms with van der Waals surface area (Å²) < 4.78 is 12.5. The molecule has 1 N–H and O–H groups in total. The molecule has 2 aliphatic heterocycles. The third kappa shape index (κ3) is 2.04. The van der Waals surface area contributed by atoms with Crippen LogP contribution in [0.4, 0.5) is 0 Å². The Morgan fingerprint density at radius 3 is 2.86 bits per heavy atom. The number of rotatable bonds is 1. The van der Waals surface area contributed by atoms with E-state index in [2.05, 4.69) is 30.5 Å². The predicted octanol–water partition coefficient (Wildman–Crippen LogP) is 3.70. The second kappa shape index (κ2) is 4.69. The highest BCUT2D eigenvalue weighted by atomic mass is 16.6. The normalized spacial score (nSPS) is 26.8. The van der Waals surface area contributed by atoms with Gasteiger partial charge in [-0.3, -0.25) is 0 Å². The molecule has 1 aromatic rings. The number of hydrogen-bond donors (Lipinski definition) is 1. The van der Waals surface area contributed by atoms with Gasteiger partial charge in [-0.25, -0.2) is 0 Å².